The number of aryl methyl sites for hydroxylation is 2. The normalized spacial score (nSPS) is 15.1. The fraction of sp³-hybridized carbons (Fsp3) is 0.432. The van der Waals surface area contributed by atoms with Gasteiger partial charge in [-0.2, -0.15) is 4.98 Å². The third kappa shape index (κ3) is 9.54. The Labute approximate surface area is 294 Å². The number of hydrogen-bond acceptors (Lipinski definition) is 10. The van der Waals surface area contributed by atoms with Crippen molar-refractivity contribution in [2.24, 2.45) is 10.8 Å². The Morgan fingerprint density at radius 2 is 1.72 bits per heavy atom. The number of nitrogens with one attached hydrogen (secondary N) is 2. The summed E-state index contributed by atoms with van der Waals surface area (Å²) in [6, 6.07) is 12.5. The number of ether oxygens (including phenoxy) is 1. The quantitative estimate of drug-likeness (QED) is 0.144. The van der Waals surface area contributed by atoms with Crippen molar-refractivity contribution in [1.29, 1.82) is 0 Å². The van der Waals surface area contributed by atoms with Gasteiger partial charge < -0.3 is 20.1 Å². The van der Waals surface area contributed by atoms with Crippen LogP contribution in [-0.2, 0) is 16.6 Å². The molecule has 0 spiro atoms. The van der Waals surface area contributed by atoms with Crippen molar-refractivity contribution < 1.29 is 23.1 Å². The highest BCUT2D eigenvalue weighted by Crippen LogP contribution is 2.32. The number of carbonyl (C=O) groups is 1. The van der Waals surface area contributed by atoms with E-state index in [2.05, 4.69) is 69.5 Å². The predicted octanol–water partition coefficient (Wildman–Crippen LogP) is 6.26. The van der Waals surface area contributed by atoms with Gasteiger partial charge in [-0.15, -0.1) is 0 Å². The van der Waals surface area contributed by atoms with Crippen molar-refractivity contribution in [2.45, 2.75) is 78.8 Å². The standard InChI is InChI=1S/C37H47N7O5S/c1-24-10-8-11-25(2)33(24)30-17-32(42-35(41-30)43-50(47,48)29-13-9-12-26(16-29)34(45)46)49-22-27(18-36(3,4)5)38-21-31-39-19-28(20-40-31)44-15-14-37(6,7)23-44/h8-13,16-17,19-20,27,38H,14-15,18,21-23H2,1-7H3,(H,45,46)(H,41,42,43)/t27-/m1/s1. The largest absolute Gasteiger partial charge is 0.478 e. The molecular formula is C37H47N7O5S. The van der Waals surface area contributed by atoms with Crippen LogP contribution in [0.15, 0.2) is 65.8 Å². The van der Waals surface area contributed by atoms with Gasteiger partial charge in [0.05, 0.1) is 40.8 Å². The first-order chi connectivity index (χ1) is 23.5. The molecule has 50 heavy (non-hydrogen) atoms. The smallest absolute Gasteiger partial charge is 0.335 e. The van der Waals surface area contributed by atoms with Crippen molar-refractivity contribution in [3.8, 4) is 17.1 Å². The Morgan fingerprint density at radius 3 is 2.34 bits per heavy atom. The average molecular weight is 702 g/mol. The lowest BCUT2D eigenvalue weighted by Gasteiger charge is -2.27. The number of aromatic nitrogens is 4. The number of carboxylic acid groups (broad SMARTS) is 1. The van der Waals surface area contributed by atoms with Crippen LogP contribution in [0, 0.1) is 24.7 Å². The van der Waals surface area contributed by atoms with Crippen LogP contribution >= 0.6 is 0 Å². The number of hydrogen-bond donors (Lipinski definition) is 3. The number of benzene rings is 2. The highest BCUT2D eigenvalue weighted by atomic mass is 32.2. The van der Waals surface area contributed by atoms with Crippen LogP contribution in [0.1, 0.15) is 74.8 Å². The highest BCUT2D eigenvalue weighted by molar-refractivity contribution is 7.92. The molecule has 2 aromatic heterocycles. The number of rotatable bonds is 13. The molecule has 0 saturated carbocycles. The molecule has 3 heterocycles. The van der Waals surface area contributed by atoms with Crippen molar-refractivity contribution in [3.05, 3.63) is 83.4 Å². The Hall–Kier alpha value is -4.62. The first-order valence-corrected chi connectivity index (χ1v) is 18.2. The number of nitrogens with zero attached hydrogens (tertiary/aromatic N) is 5. The van der Waals surface area contributed by atoms with Crippen LogP contribution < -0.4 is 19.7 Å². The molecule has 266 valence electrons. The van der Waals surface area contributed by atoms with Crippen LogP contribution in [0.2, 0.25) is 0 Å². The Balaban J connectivity index is 1.37. The van der Waals surface area contributed by atoms with Crippen LogP contribution in [0.25, 0.3) is 11.3 Å². The van der Waals surface area contributed by atoms with Gasteiger partial charge in [0.2, 0.25) is 11.8 Å². The molecule has 1 saturated heterocycles. The third-order valence-electron chi connectivity index (χ3n) is 8.63. The fourth-order valence-corrected chi connectivity index (χ4v) is 7.14. The van der Waals surface area contributed by atoms with E-state index in [-0.39, 0.29) is 45.8 Å². The molecule has 1 fully saturated rings. The molecular weight excluding hydrogens is 655 g/mol. The van der Waals surface area contributed by atoms with Gasteiger partial charge in [-0.25, -0.2) is 32.9 Å². The van der Waals surface area contributed by atoms with Crippen molar-refractivity contribution >= 4 is 27.6 Å². The fourth-order valence-electron chi connectivity index (χ4n) is 6.15. The van der Waals surface area contributed by atoms with Gasteiger partial charge in [0.15, 0.2) is 0 Å². The van der Waals surface area contributed by atoms with Gasteiger partial charge in [-0.05, 0) is 66.8 Å². The maximum Gasteiger partial charge on any atom is 0.335 e. The third-order valence-corrected chi connectivity index (χ3v) is 9.96. The lowest BCUT2D eigenvalue weighted by Crippen LogP contribution is -2.38. The Kier molecular flexibility index (Phi) is 10.8. The minimum absolute atomic E-state index is 0.0331. The molecule has 1 aliphatic heterocycles. The summed E-state index contributed by atoms with van der Waals surface area (Å²) in [6.45, 7) is 17.6. The van der Waals surface area contributed by atoms with Gasteiger partial charge in [0.1, 0.15) is 12.4 Å². The minimum Gasteiger partial charge on any atom is -0.478 e. The van der Waals surface area contributed by atoms with Gasteiger partial charge in [-0.3, -0.25) is 0 Å². The second kappa shape index (κ2) is 14.7. The van der Waals surface area contributed by atoms with Crippen molar-refractivity contribution in [1.82, 2.24) is 25.3 Å². The zero-order valence-corrected chi connectivity index (χ0v) is 30.6. The van der Waals surface area contributed by atoms with Gasteiger partial charge in [-0.1, -0.05) is 58.9 Å². The molecule has 0 radical (unpaired) electrons. The van der Waals surface area contributed by atoms with E-state index >= 15 is 0 Å². The Bertz CT molecular complexity index is 1920. The molecule has 1 aliphatic rings. The van der Waals surface area contributed by atoms with Crippen LogP contribution in [-0.4, -0.2) is 65.2 Å². The van der Waals surface area contributed by atoms with Crippen LogP contribution in [0.4, 0.5) is 11.6 Å². The SMILES string of the molecule is Cc1cccc(C)c1-c1cc(OC[C@@H](CC(C)(C)C)NCc2ncc(N3CCC(C)(C)C3)cn2)nc(NS(=O)(=O)c2cccc(C(=O)O)c2)n1. The molecule has 2 aromatic carbocycles. The molecule has 1 atom stereocenters. The van der Waals surface area contributed by atoms with E-state index in [0.717, 1.165) is 54.4 Å². The van der Waals surface area contributed by atoms with E-state index < -0.39 is 16.0 Å². The average Bonchev–Trinajstić information content (AvgIpc) is 3.41. The topological polar surface area (TPSA) is 160 Å². The van der Waals surface area contributed by atoms with E-state index in [4.69, 9.17) is 4.74 Å². The second-order valence-corrected chi connectivity index (χ2v) is 16.6. The van der Waals surface area contributed by atoms with Crippen molar-refractivity contribution in [2.75, 3.05) is 29.3 Å². The molecule has 0 aliphatic carbocycles. The monoisotopic (exact) mass is 701 g/mol. The summed E-state index contributed by atoms with van der Waals surface area (Å²) in [5.41, 5.74) is 4.33. The summed E-state index contributed by atoms with van der Waals surface area (Å²) < 4.78 is 35.5. The summed E-state index contributed by atoms with van der Waals surface area (Å²) >= 11 is 0. The number of carboxylic acids is 1. The number of aromatic carboxylic acids is 1. The Morgan fingerprint density at radius 1 is 1.04 bits per heavy atom. The van der Waals surface area contributed by atoms with Crippen LogP contribution in [0.3, 0.4) is 0 Å². The maximum atomic E-state index is 13.4. The molecule has 12 nitrogen and oxygen atoms in total. The predicted molar refractivity (Wildman–Crippen MR) is 194 cm³/mol. The summed E-state index contributed by atoms with van der Waals surface area (Å²) in [7, 11) is -4.24. The zero-order valence-electron chi connectivity index (χ0n) is 29.8. The molecule has 0 unspecified atom stereocenters. The lowest BCUT2D eigenvalue weighted by atomic mass is 9.88. The highest BCUT2D eigenvalue weighted by Gasteiger charge is 2.29. The van der Waals surface area contributed by atoms with Gasteiger partial charge >= 0.3 is 5.97 Å². The molecule has 0 amide bonds. The molecule has 3 N–H and O–H groups in total. The summed E-state index contributed by atoms with van der Waals surface area (Å²) in [4.78, 5) is 31.9. The van der Waals surface area contributed by atoms with Crippen LogP contribution in [0.5, 0.6) is 5.88 Å². The van der Waals surface area contributed by atoms with E-state index in [9.17, 15) is 18.3 Å². The van der Waals surface area contributed by atoms with E-state index in [1.807, 2.05) is 44.4 Å². The number of anilines is 2. The first kappa shape index (κ1) is 36.7. The number of sulfonamides is 1. The second-order valence-electron chi connectivity index (χ2n) is 15.0. The summed E-state index contributed by atoms with van der Waals surface area (Å²) in [6.07, 6.45) is 5.67. The van der Waals surface area contributed by atoms with E-state index in [0.29, 0.717) is 18.1 Å². The first-order valence-electron chi connectivity index (χ1n) is 16.7. The van der Waals surface area contributed by atoms with E-state index in [1.54, 1.807) is 6.07 Å². The molecule has 13 heteroatoms. The lowest BCUT2D eigenvalue weighted by molar-refractivity contribution is 0.0696. The molecule has 4 aromatic rings. The minimum atomic E-state index is -4.24. The zero-order chi connectivity index (χ0) is 36.3. The van der Waals surface area contributed by atoms with Gasteiger partial charge in [0.25, 0.3) is 10.0 Å². The summed E-state index contributed by atoms with van der Waals surface area (Å²) in [5, 5.41) is 12.9. The van der Waals surface area contributed by atoms with Gasteiger partial charge in [0, 0.05) is 30.8 Å². The maximum absolute atomic E-state index is 13.4. The molecule has 0 bridgehead atoms. The summed E-state index contributed by atoms with van der Waals surface area (Å²) in [5.74, 6) is -0.575. The van der Waals surface area contributed by atoms with E-state index in [1.165, 1.54) is 18.2 Å². The van der Waals surface area contributed by atoms with Crippen molar-refractivity contribution in [3.63, 3.8) is 0 Å². The molecule has 5 rings (SSSR count).